The van der Waals surface area contributed by atoms with Crippen LogP contribution in [0.25, 0.3) is 11.1 Å². The van der Waals surface area contributed by atoms with Gasteiger partial charge in [-0.2, -0.15) is 0 Å². The van der Waals surface area contributed by atoms with Crippen molar-refractivity contribution in [2.75, 3.05) is 5.32 Å². The number of carbonyl (C=O) groups excluding carboxylic acids is 1. The van der Waals surface area contributed by atoms with Gasteiger partial charge in [-0.05, 0) is 42.2 Å². The molecule has 0 aromatic heterocycles. The molecule has 0 unspecified atom stereocenters. The monoisotopic (exact) mass is 295 g/mol. The number of hydrogen-bond donors (Lipinski definition) is 1. The minimum absolute atomic E-state index is 0.118. The first-order valence-electron chi connectivity index (χ1n) is 7.92. The summed E-state index contributed by atoms with van der Waals surface area (Å²) in [7, 11) is 0. The van der Waals surface area contributed by atoms with Gasteiger partial charge in [0.25, 0.3) is 0 Å². The van der Waals surface area contributed by atoms with Crippen LogP contribution in [-0.2, 0) is 10.2 Å². The molecule has 112 valence electrons. The summed E-state index contributed by atoms with van der Waals surface area (Å²) >= 11 is 0. The molecule has 2 aromatic carbocycles. The van der Waals surface area contributed by atoms with E-state index < -0.39 is 5.41 Å². The highest BCUT2D eigenvalue weighted by molar-refractivity contribution is 6.06. The zero-order chi connectivity index (χ0) is 15.2. The molecule has 1 fully saturated rings. The van der Waals surface area contributed by atoms with E-state index in [-0.39, 0.29) is 11.7 Å². The number of rotatable bonds is 1. The minimum atomic E-state index is -0.394. The Hall–Kier alpha value is -2.16. The fourth-order valence-corrected chi connectivity index (χ4v) is 3.93. The Morgan fingerprint density at radius 3 is 2.55 bits per heavy atom. The molecule has 0 atom stereocenters. The number of nitrogens with one attached hydrogen (secondary N) is 1. The SMILES string of the molecule is O=C1Nc2ccc(-c3ccccc3F)cc2C12CCCCC2. The van der Waals surface area contributed by atoms with Crippen LogP contribution in [0.3, 0.4) is 0 Å². The fraction of sp³-hybridized carbons (Fsp3) is 0.316. The van der Waals surface area contributed by atoms with Crippen molar-refractivity contribution in [1.29, 1.82) is 0 Å². The van der Waals surface area contributed by atoms with Crippen LogP contribution in [0.1, 0.15) is 37.7 Å². The van der Waals surface area contributed by atoms with Gasteiger partial charge in [0.05, 0.1) is 5.41 Å². The summed E-state index contributed by atoms with van der Waals surface area (Å²) in [6, 6.07) is 12.6. The van der Waals surface area contributed by atoms with E-state index in [4.69, 9.17) is 0 Å². The standard InChI is InChI=1S/C19H18FNO/c20-16-7-3-2-6-14(16)13-8-9-17-15(12-13)19(18(22)21-17)10-4-1-5-11-19/h2-3,6-9,12H,1,4-5,10-11H2,(H,21,22). The molecular weight excluding hydrogens is 277 g/mol. The molecule has 0 saturated heterocycles. The van der Waals surface area contributed by atoms with E-state index in [0.717, 1.165) is 42.5 Å². The number of anilines is 1. The zero-order valence-corrected chi connectivity index (χ0v) is 12.4. The first-order valence-corrected chi connectivity index (χ1v) is 7.92. The van der Waals surface area contributed by atoms with Crippen molar-refractivity contribution >= 4 is 11.6 Å². The number of benzene rings is 2. The molecule has 2 aliphatic rings. The average Bonchev–Trinajstić information content (AvgIpc) is 2.81. The smallest absolute Gasteiger partial charge is 0.235 e. The van der Waals surface area contributed by atoms with Gasteiger partial charge in [0.2, 0.25) is 5.91 Å². The maximum atomic E-state index is 14.1. The normalized spacial score (nSPS) is 19.0. The zero-order valence-electron chi connectivity index (χ0n) is 12.4. The van der Waals surface area contributed by atoms with Crippen molar-refractivity contribution in [3.63, 3.8) is 0 Å². The van der Waals surface area contributed by atoms with Gasteiger partial charge in [-0.15, -0.1) is 0 Å². The van der Waals surface area contributed by atoms with Gasteiger partial charge in [-0.1, -0.05) is 43.5 Å². The third-order valence-corrected chi connectivity index (χ3v) is 5.11. The topological polar surface area (TPSA) is 29.1 Å². The molecule has 1 aliphatic heterocycles. The lowest BCUT2D eigenvalue weighted by Crippen LogP contribution is -2.36. The Bertz CT molecular complexity index is 747. The molecule has 1 N–H and O–H groups in total. The van der Waals surface area contributed by atoms with Crippen LogP contribution < -0.4 is 5.32 Å². The second-order valence-electron chi connectivity index (χ2n) is 6.34. The minimum Gasteiger partial charge on any atom is -0.325 e. The van der Waals surface area contributed by atoms with Gasteiger partial charge in [0, 0.05) is 11.3 Å². The summed E-state index contributed by atoms with van der Waals surface area (Å²) in [6.07, 6.45) is 5.14. The van der Waals surface area contributed by atoms with Gasteiger partial charge in [-0.3, -0.25) is 4.79 Å². The Labute approximate surface area is 129 Å². The van der Waals surface area contributed by atoms with Crippen molar-refractivity contribution in [3.05, 3.63) is 53.8 Å². The summed E-state index contributed by atoms with van der Waals surface area (Å²) in [5, 5.41) is 3.02. The van der Waals surface area contributed by atoms with Crippen LogP contribution >= 0.6 is 0 Å². The van der Waals surface area contributed by atoms with Crippen LogP contribution in [0.5, 0.6) is 0 Å². The number of halogens is 1. The van der Waals surface area contributed by atoms with Crippen LogP contribution in [0, 0.1) is 5.82 Å². The molecule has 22 heavy (non-hydrogen) atoms. The maximum Gasteiger partial charge on any atom is 0.235 e. The fourth-order valence-electron chi connectivity index (χ4n) is 3.93. The molecule has 2 nitrogen and oxygen atoms in total. The van der Waals surface area contributed by atoms with Gasteiger partial charge < -0.3 is 5.32 Å². The first kappa shape index (κ1) is 13.5. The number of amides is 1. The third-order valence-electron chi connectivity index (χ3n) is 5.11. The molecule has 1 heterocycles. The molecule has 1 amide bonds. The molecule has 1 saturated carbocycles. The van der Waals surface area contributed by atoms with Crippen LogP contribution in [-0.4, -0.2) is 5.91 Å². The van der Waals surface area contributed by atoms with E-state index in [9.17, 15) is 9.18 Å². The maximum absolute atomic E-state index is 14.1. The Morgan fingerprint density at radius 2 is 1.77 bits per heavy atom. The number of fused-ring (bicyclic) bond motifs is 2. The molecule has 3 heteroatoms. The van der Waals surface area contributed by atoms with E-state index in [1.165, 1.54) is 12.5 Å². The third kappa shape index (κ3) is 1.88. The van der Waals surface area contributed by atoms with Gasteiger partial charge in [0.1, 0.15) is 5.82 Å². The second kappa shape index (κ2) is 4.94. The molecular formula is C19H18FNO. The average molecular weight is 295 g/mol. The van der Waals surface area contributed by atoms with Gasteiger partial charge in [-0.25, -0.2) is 4.39 Å². The quantitative estimate of drug-likeness (QED) is 0.815. The second-order valence-corrected chi connectivity index (χ2v) is 6.34. The van der Waals surface area contributed by atoms with Crippen molar-refractivity contribution in [2.24, 2.45) is 0 Å². The van der Waals surface area contributed by atoms with E-state index in [1.807, 2.05) is 24.3 Å². The summed E-state index contributed by atoms with van der Waals surface area (Å²) in [4.78, 5) is 12.5. The Balaban J connectivity index is 1.85. The molecule has 1 spiro atoms. The van der Waals surface area contributed by atoms with E-state index in [0.29, 0.717) is 5.56 Å². The van der Waals surface area contributed by atoms with Crippen LogP contribution in [0.15, 0.2) is 42.5 Å². The summed E-state index contributed by atoms with van der Waals surface area (Å²) in [6.45, 7) is 0. The van der Waals surface area contributed by atoms with Crippen LogP contribution in [0.4, 0.5) is 10.1 Å². The molecule has 2 aromatic rings. The van der Waals surface area contributed by atoms with Gasteiger partial charge in [0.15, 0.2) is 0 Å². The van der Waals surface area contributed by atoms with Crippen molar-refractivity contribution in [3.8, 4) is 11.1 Å². The molecule has 0 bridgehead atoms. The summed E-state index contributed by atoms with van der Waals surface area (Å²) in [5.74, 6) is -0.106. The van der Waals surface area contributed by atoms with Crippen molar-refractivity contribution < 1.29 is 9.18 Å². The number of hydrogen-bond acceptors (Lipinski definition) is 1. The predicted molar refractivity (Wildman–Crippen MR) is 85.2 cm³/mol. The van der Waals surface area contributed by atoms with Crippen molar-refractivity contribution in [1.82, 2.24) is 0 Å². The lowest BCUT2D eigenvalue weighted by molar-refractivity contribution is -0.121. The summed E-state index contributed by atoms with van der Waals surface area (Å²) in [5.41, 5.74) is 2.99. The molecule has 1 aliphatic carbocycles. The Morgan fingerprint density at radius 1 is 1.00 bits per heavy atom. The summed E-state index contributed by atoms with van der Waals surface area (Å²) < 4.78 is 14.1. The highest BCUT2D eigenvalue weighted by atomic mass is 19.1. The highest BCUT2D eigenvalue weighted by Gasteiger charge is 2.47. The molecule has 4 rings (SSSR count). The predicted octanol–water partition coefficient (Wildman–Crippen LogP) is 4.65. The first-order chi connectivity index (χ1) is 10.7. The van der Waals surface area contributed by atoms with E-state index in [1.54, 1.807) is 12.1 Å². The highest BCUT2D eigenvalue weighted by Crippen LogP contribution is 2.48. The lowest BCUT2D eigenvalue weighted by atomic mass is 9.70. The van der Waals surface area contributed by atoms with E-state index >= 15 is 0 Å². The lowest BCUT2D eigenvalue weighted by Gasteiger charge is -2.31. The number of carbonyl (C=O) groups is 1. The van der Waals surface area contributed by atoms with Crippen molar-refractivity contribution in [2.45, 2.75) is 37.5 Å². The largest absolute Gasteiger partial charge is 0.325 e. The van der Waals surface area contributed by atoms with Gasteiger partial charge >= 0.3 is 0 Å². The Kier molecular flexibility index (Phi) is 3.03. The van der Waals surface area contributed by atoms with E-state index in [2.05, 4.69) is 5.32 Å². The van der Waals surface area contributed by atoms with Crippen LogP contribution in [0.2, 0.25) is 0 Å². The molecule has 0 radical (unpaired) electrons.